The quantitative estimate of drug-likeness (QED) is 0.867. The van der Waals surface area contributed by atoms with E-state index in [1.54, 1.807) is 12.1 Å². The monoisotopic (exact) mass is 275 g/mol. The lowest BCUT2D eigenvalue weighted by molar-refractivity contribution is 0.300. The second-order valence-electron chi connectivity index (χ2n) is 4.74. The van der Waals surface area contributed by atoms with Gasteiger partial charge in [0, 0.05) is 5.69 Å². The molecular weight excluding hydrogens is 257 g/mol. The molecule has 2 rings (SSSR count). The third-order valence-electron chi connectivity index (χ3n) is 3.08. The molecule has 0 radical (unpaired) electrons. The number of hydrogen-bond acceptors (Lipinski definition) is 3. The Kier molecular flexibility index (Phi) is 4.13. The zero-order chi connectivity index (χ0) is 14.7. The van der Waals surface area contributed by atoms with Gasteiger partial charge in [-0.15, -0.1) is 0 Å². The van der Waals surface area contributed by atoms with E-state index in [2.05, 4.69) is 0 Å². The van der Waals surface area contributed by atoms with Crippen molar-refractivity contribution in [2.45, 2.75) is 20.5 Å². The van der Waals surface area contributed by atoms with Crippen molar-refractivity contribution in [2.75, 3.05) is 12.8 Å². The van der Waals surface area contributed by atoms with Gasteiger partial charge in [0.05, 0.1) is 7.11 Å². The molecule has 0 fully saturated rings. The van der Waals surface area contributed by atoms with Crippen molar-refractivity contribution in [1.82, 2.24) is 0 Å². The normalized spacial score (nSPS) is 10.4. The van der Waals surface area contributed by atoms with Crippen LogP contribution in [0.1, 0.15) is 16.7 Å². The van der Waals surface area contributed by atoms with Gasteiger partial charge in [-0.2, -0.15) is 0 Å². The van der Waals surface area contributed by atoms with Crippen LogP contribution in [0, 0.1) is 19.7 Å². The fourth-order valence-electron chi connectivity index (χ4n) is 2.17. The number of rotatable bonds is 4. The van der Waals surface area contributed by atoms with Gasteiger partial charge < -0.3 is 15.2 Å². The molecule has 0 saturated heterocycles. The van der Waals surface area contributed by atoms with Gasteiger partial charge in [-0.25, -0.2) is 4.39 Å². The second kappa shape index (κ2) is 5.82. The summed E-state index contributed by atoms with van der Waals surface area (Å²) in [6, 6.07) is 8.51. The maximum absolute atomic E-state index is 13.6. The number of hydrogen-bond donors (Lipinski definition) is 1. The Morgan fingerprint density at radius 3 is 2.30 bits per heavy atom. The number of ether oxygens (including phenoxy) is 2. The van der Waals surface area contributed by atoms with Gasteiger partial charge in [0.15, 0.2) is 11.6 Å². The van der Waals surface area contributed by atoms with Crippen LogP contribution in [0.2, 0.25) is 0 Å². The van der Waals surface area contributed by atoms with Crippen LogP contribution >= 0.6 is 0 Å². The minimum atomic E-state index is -0.389. The molecule has 0 amide bonds. The Hall–Kier alpha value is -2.23. The predicted octanol–water partition coefficient (Wildman–Crippen LogP) is 3.61. The third-order valence-corrected chi connectivity index (χ3v) is 3.08. The molecule has 4 heteroatoms. The first-order valence-electron chi connectivity index (χ1n) is 6.33. The first kappa shape index (κ1) is 14.2. The molecule has 106 valence electrons. The maximum Gasteiger partial charge on any atom is 0.165 e. The summed E-state index contributed by atoms with van der Waals surface area (Å²) in [7, 11) is 1.44. The minimum Gasteiger partial charge on any atom is -0.494 e. The van der Waals surface area contributed by atoms with Crippen LogP contribution in [0.3, 0.4) is 0 Å². The van der Waals surface area contributed by atoms with Crippen LogP contribution in [0.15, 0.2) is 30.3 Å². The molecule has 3 nitrogen and oxygen atoms in total. The summed E-state index contributed by atoms with van der Waals surface area (Å²) in [4.78, 5) is 0. The number of halogens is 1. The molecular formula is C16H18FNO2. The maximum atomic E-state index is 13.6. The topological polar surface area (TPSA) is 44.5 Å². The summed E-state index contributed by atoms with van der Waals surface area (Å²) in [6.45, 7) is 4.17. The Morgan fingerprint density at radius 1 is 1.10 bits per heavy atom. The highest BCUT2D eigenvalue weighted by Crippen LogP contribution is 2.27. The van der Waals surface area contributed by atoms with Gasteiger partial charge in [0.2, 0.25) is 0 Å². The molecule has 0 aliphatic rings. The summed E-state index contributed by atoms with van der Waals surface area (Å²) in [5.41, 5.74) is 9.17. The average molecular weight is 275 g/mol. The number of nitrogens with two attached hydrogens (primary N) is 1. The summed E-state index contributed by atoms with van der Waals surface area (Å²) in [5.74, 6) is 0.628. The fourth-order valence-corrected chi connectivity index (χ4v) is 2.17. The average Bonchev–Trinajstić information content (AvgIpc) is 2.37. The van der Waals surface area contributed by atoms with Crippen molar-refractivity contribution in [3.8, 4) is 11.5 Å². The molecule has 0 aliphatic heterocycles. The Bertz CT molecular complexity index is 603. The van der Waals surface area contributed by atoms with Crippen LogP contribution in [0.25, 0.3) is 0 Å². The first-order chi connectivity index (χ1) is 9.51. The van der Waals surface area contributed by atoms with E-state index in [0.717, 1.165) is 22.4 Å². The van der Waals surface area contributed by atoms with E-state index in [-0.39, 0.29) is 11.6 Å². The van der Waals surface area contributed by atoms with Crippen molar-refractivity contribution in [2.24, 2.45) is 0 Å². The van der Waals surface area contributed by atoms with Crippen LogP contribution in [0.5, 0.6) is 11.5 Å². The molecule has 0 bridgehead atoms. The number of benzene rings is 2. The molecule has 0 aliphatic carbocycles. The van der Waals surface area contributed by atoms with Crippen molar-refractivity contribution >= 4 is 5.69 Å². The third kappa shape index (κ3) is 3.02. The van der Waals surface area contributed by atoms with Crippen LogP contribution in [0.4, 0.5) is 10.1 Å². The lowest BCUT2D eigenvalue weighted by Crippen LogP contribution is -2.01. The number of methoxy groups -OCH3 is 1. The van der Waals surface area contributed by atoms with Crippen molar-refractivity contribution in [3.63, 3.8) is 0 Å². The summed E-state index contributed by atoms with van der Waals surface area (Å²) >= 11 is 0. The van der Waals surface area contributed by atoms with Crippen molar-refractivity contribution in [3.05, 3.63) is 52.8 Å². The van der Waals surface area contributed by atoms with Gasteiger partial charge in [-0.05, 0) is 54.8 Å². The molecule has 0 heterocycles. The largest absolute Gasteiger partial charge is 0.494 e. The number of aryl methyl sites for hydroxylation is 2. The molecule has 2 N–H and O–H groups in total. The highest BCUT2D eigenvalue weighted by Gasteiger charge is 2.08. The van der Waals surface area contributed by atoms with E-state index in [9.17, 15) is 4.39 Å². The second-order valence-corrected chi connectivity index (χ2v) is 4.74. The van der Waals surface area contributed by atoms with Crippen LogP contribution in [-0.4, -0.2) is 7.11 Å². The number of anilines is 1. The lowest BCUT2D eigenvalue weighted by Gasteiger charge is -2.13. The van der Waals surface area contributed by atoms with Crippen LogP contribution in [-0.2, 0) is 6.61 Å². The molecule has 0 unspecified atom stereocenters. The molecule has 0 saturated carbocycles. The molecule has 0 spiro atoms. The van der Waals surface area contributed by atoms with E-state index in [0.29, 0.717) is 12.3 Å². The molecule has 2 aromatic rings. The zero-order valence-corrected chi connectivity index (χ0v) is 11.9. The van der Waals surface area contributed by atoms with Gasteiger partial charge >= 0.3 is 0 Å². The fraction of sp³-hybridized carbons (Fsp3) is 0.250. The van der Waals surface area contributed by atoms with E-state index >= 15 is 0 Å². The van der Waals surface area contributed by atoms with Gasteiger partial charge in [-0.1, -0.05) is 6.07 Å². The lowest BCUT2D eigenvalue weighted by atomic mass is 10.1. The highest BCUT2D eigenvalue weighted by atomic mass is 19.1. The smallest absolute Gasteiger partial charge is 0.165 e. The SMILES string of the molecule is COc1ccc(COc2c(C)cc(N)cc2C)cc1F. The summed E-state index contributed by atoms with van der Waals surface area (Å²) in [5, 5.41) is 0. The molecule has 0 atom stereocenters. The van der Waals surface area contributed by atoms with Gasteiger partial charge in [-0.3, -0.25) is 0 Å². The standard InChI is InChI=1S/C16H18FNO2/c1-10-6-13(18)7-11(2)16(10)20-9-12-4-5-15(19-3)14(17)8-12/h4-8H,9,18H2,1-3H3. The van der Waals surface area contributed by atoms with Crippen LogP contribution < -0.4 is 15.2 Å². The van der Waals surface area contributed by atoms with Gasteiger partial charge in [0.25, 0.3) is 0 Å². The molecule has 2 aromatic carbocycles. The Balaban J connectivity index is 2.15. The summed E-state index contributed by atoms with van der Waals surface area (Å²) in [6.07, 6.45) is 0. The highest BCUT2D eigenvalue weighted by molar-refractivity contribution is 5.52. The summed E-state index contributed by atoms with van der Waals surface area (Å²) < 4.78 is 24.2. The van der Waals surface area contributed by atoms with E-state index in [1.165, 1.54) is 13.2 Å². The van der Waals surface area contributed by atoms with E-state index in [4.69, 9.17) is 15.2 Å². The van der Waals surface area contributed by atoms with E-state index in [1.807, 2.05) is 26.0 Å². The number of nitrogen functional groups attached to an aromatic ring is 1. The van der Waals surface area contributed by atoms with Gasteiger partial charge in [0.1, 0.15) is 12.4 Å². The minimum absolute atomic E-state index is 0.230. The Morgan fingerprint density at radius 2 is 1.75 bits per heavy atom. The first-order valence-corrected chi connectivity index (χ1v) is 6.33. The Labute approximate surface area is 118 Å². The van der Waals surface area contributed by atoms with E-state index < -0.39 is 0 Å². The molecule has 20 heavy (non-hydrogen) atoms. The predicted molar refractivity (Wildman–Crippen MR) is 77.6 cm³/mol. The molecule has 0 aromatic heterocycles. The van der Waals surface area contributed by atoms with Crippen molar-refractivity contribution in [1.29, 1.82) is 0 Å². The zero-order valence-electron chi connectivity index (χ0n) is 11.9. The van der Waals surface area contributed by atoms with Crippen molar-refractivity contribution < 1.29 is 13.9 Å².